The highest BCUT2D eigenvalue weighted by atomic mass is 19.2. The van der Waals surface area contributed by atoms with E-state index >= 15 is 0 Å². The average molecular weight is 369 g/mol. The summed E-state index contributed by atoms with van der Waals surface area (Å²) in [5.41, 5.74) is 1.30. The minimum atomic E-state index is -0.809. The van der Waals surface area contributed by atoms with Crippen molar-refractivity contribution in [2.75, 3.05) is 24.5 Å². The van der Waals surface area contributed by atoms with E-state index in [-0.39, 0.29) is 12.5 Å². The summed E-state index contributed by atoms with van der Waals surface area (Å²) in [5, 5.41) is 2.61. The summed E-state index contributed by atoms with van der Waals surface area (Å²) in [7, 11) is 0. The summed E-state index contributed by atoms with van der Waals surface area (Å²) in [6, 6.07) is 7.69. The number of halogens is 2. The van der Waals surface area contributed by atoms with Crippen LogP contribution in [0.25, 0.3) is 0 Å². The smallest absolute Gasteiger partial charge is 0.253 e. The number of rotatable bonds is 5. The molecule has 0 saturated carbocycles. The summed E-state index contributed by atoms with van der Waals surface area (Å²) in [4.78, 5) is 18.4. The number of amides is 1. The van der Waals surface area contributed by atoms with Gasteiger partial charge in [0.15, 0.2) is 11.6 Å². The van der Waals surface area contributed by atoms with Crippen molar-refractivity contribution in [2.24, 2.45) is 5.92 Å². The van der Waals surface area contributed by atoms with E-state index in [1.54, 1.807) is 18.3 Å². The van der Waals surface area contributed by atoms with Gasteiger partial charge in [-0.3, -0.25) is 4.79 Å². The first-order valence-electron chi connectivity index (χ1n) is 8.93. The molecule has 0 radical (unpaired) electrons. The monoisotopic (exact) mass is 369 g/mol. The van der Waals surface area contributed by atoms with Crippen LogP contribution in [0.15, 0.2) is 36.5 Å². The van der Waals surface area contributed by atoms with Gasteiger partial charge in [-0.2, -0.15) is 0 Å². The maximum atomic E-state index is 13.3. The van der Waals surface area contributed by atoms with Crippen molar-refractivity contribution in [1.29, 1.82) is 0 Å². The maximum Gasteiger partial charge on any atom is 0.253 e. The van der Waals surface area contributed by atoms with Crippen molar-refractivity contribution in [1.82, 2.24) is 10.3 Å². The van der Waals surface area contributed by atoms with Crippen LogP contribution in [0.5, 0.6) is 0 Å². The number of carbonyl (C=O) groups is 1. The maximum absolute atomic E-state index is 13.3. The summed E-state index contributed by atoms with van der Waals surface area (Å²) in [5.74, 6) is 1.78. The molecule has 0 unspecified atom stereocenters. The standard InChI is InChI=1S/C21H21F2N3O/c1-2-9-24-21(27)17-4-6-20(25-14-17)26-10-7-15(8-11-26)12-16-3-5-18(22)19(23)13-16/h1,3-6,13-15H,7-12H2,(H,24,27). The minimum absolute atomic E-state index is 0.187. The Morgan fingerprint density at radius 1 is 1.22 bits per heavy atom. The van der Waals surface area contributed by atoms with Crippen molar-refractivity contribution < 1.29 is 13.6 Å². The lowest BCUT2D eigenvalue weighted by Crippen LogP contribution is -2.35. The zero-order valence-corrected chi connectivity index (χ0v) is 14.9. The van der Waals surface area contributed by atoms with Crippen LogP contribution in [-0.4, -0.2) is 30.5 Å². The van der Waals surface area contributed by atoms with Crippen molar-refractivity contribution in [2.45, 2.75) is 19.3 Å². The van der Waals surface area contributed by atoms with Crippen LogP contribution in [0.4, 0.5) is 14.6 Å². The fraction of sp³-hybridized carbons (Fsp3) is 0.333. The normalized spacial score (nSPS) is 14.6. The molecule has 1 fully saturated rings. The number of hydrogen-bond acceptors (Lipinski definition) is 3. The molecule has 6 heteroatoms. The lowest BCUT2D eigenvalue weighted by molar-refractivity contribution is 0.0958. The van der Waals surface area contributed by atoms with Gasteiger partial charge in [0.05, 0.1) is 12.1 Å². The number of carbonyl (C=O) groups excluding carboxylic acids is 1. The molecule has 1 aliphatic heterocycles. The summed E-state index contributed by atoms with van der Waals surface area (Å²) in [6.07, 6.45) is 9.32. The summed E-state index contributed by atoms with van der Waals surface area (Å²) in [6.45, 7) is 1.86. The van der Waals surface area contributed by atoms with Gasteiger partial charge in [0.2, 0.25) is 0 Å². The molecule has 0 aliphatic carbocycles. The number of anilines is 1. The van der Waals surface area contributed by atoms with E-state index in [1.807, 2.05) is 6.07 Å². The van der Waals surface area contributed by atoms with Crippen molar-refractivity contribution in [3.05, 3.63) is 59.3 Å². The van der Waals surface area contributed by atoms with Crippen molar-refractivity contribution in [3.8, 4) is 12.3 Å². The lowest BCUT2D eigenvalue weighted by Gasteiger charge is -2.33. The second kappa shape index (κ2) is 8.63. The molecule has 1 amide bonds. The van der Waals surface area contributed by atoms with E-state index in [2.05, 4.69) is 21.1 Å². The van der Waals surface area contributed by atoms with E-state index in [0.29, 0.717) is 11.5 Å². The Hall–Kier alpha value is -2.94. The topological polar surface area (TPSA) is 45.2 Å². The Balaban J connectivity index is 1.53. The first-order chi connectivity index (χ1) is 13.1. The molecular weight excluding hydrogens is 348 g/mol. The van der Waals surface area contributed by atoms with Crippen LogP contribution in [0, 0.1) is 29.9 Å². The summed E-state index contributed by atoms with van der Waals surface area (Å²) < 4.78 is 26.4. The van der Waals surface area contributed by atoms with Crippen LogP contribution in [0.1, 0.15) is 28.8 Å². The molecule has 140 valence electrons. The molecule has 2 heterocycles. The summed E-state index contributed by atoms with van der Waals surface area (Å²) >= 11 is 0. The average Bonchev–Trinajstić information content (AvgIpc) is 2.70. The molecular formula is C21H21F2N3O. The third-order valence-electron chi connectivity index (χ3n) is 4.81. The number of aromatic nitrogens is 1. The van der Waals surface area contributed by atoms with Crippen molar-refractivity contribution >= 4 is 11.7 Å². The van der Waals surface area contributed by atoms with E-state index in [4.69, 9.17) is 6.42 Å². The quantitative estimate of drug-likeness (QED) is 0.824. The fourth-order valence-corrected chi connectivity index (χ4v) is 3.31. The third kappa shape index (κ3) is 4.82. The SMILES string of the molecule is C#CCNC(=O)c1ccc(N2CCC(Cc3ccc(F)c(F)c3)CC2)nc1. The van der Waals surface area contributed by atoms with E-state index in [0.717, 1.165) is 43.7 Å². The molecule has 1 N–H and O–H groups in total. The Labute approximate surface area is 157 Å². The van der Waals surface area contributed by atoms with Crippen LogP contribution >= 0.6 is 0 Å². The number of nitrogens with zero attached hydrogens (tertiary/aromatic N) is 2. The zero-order chi connectivity index (χ0) is 19.2. The van der Waals surface area contributed by atoms with Gasteiger partial charge in [0.1, 0.15) is 5.82 Å². The third-order valence-corrected chi connectivity index (χ3v) is 4.81. The number of hydrogen-bond donors (Lipinski definition) is 1. The predicted octanol–water partition coefficient (Wildman–Crippen LogP) is 3.18. The first-order valence-corrected chi connectivity index (χ1v) is 8.93. The highest BCUT2D eigenvalue weighted by molar-refractivity contribution is 5.94. The number of benzene rings is 1. The lowest BCUT2D eigenvalue weighted by atomic mass is 9.90. The Kier molecular flexibility index (Phi) is 6.02. The number of terminal acetylenes is 1. The van der Waals surface area contributed by atoms with Gasteiger partial charge in [-0.1, -0.05) is 12.0 Å². The highest BCUT2D eigenvalue weighted by Gasteiger charge is 2.21. The molecule has 1 aromatic heterocycles. The number of nitrogens with one attached hydrogen (secondary N) is 1. The highest BCUT2D eigenvalue weighted by Crippen LogP contribution is 2.25. The van der Waals surface area contributed by atoms with E-state index in [1.165, 1.54) is 12.1 Å². The molecule has 0 atom stereocenters. The molecule has 1 aromatic carbocycles. The van der Waals surface area contributed by atoms with Crippen LogP contribution in [0.3, 0.4) is 0 Å². The second-order valence-electron chi connectivity index (χ2n) is 6.67. The van der Waals surface area contributed by atoms with Gasteiger partial charge in [0.25, 0.3) is 5.91 Å². The second-order valence-corrected chi connectivity index (χ2v) is 6.67. The van der Waals surface area contributed by atoms with Crippen LogP contribution in [-0.2, 0) is 6.42 Å². The molecule has 4 nitrogen and oxygen atoms in total. The first kappa shape index (κ1) is 18.8. The van der Waals surface area contributed by atoms with Crippen LogP contribution < -0.4 is 10.2 Å². The largest absolute Gasteiger partial charge is 0.357 e. The molecule has 3 rings (SSSR count). The van der Waals surface area contributed by atoms with Crippen molar-refractivity contribution in [3.63, 3.8) is 0 Å². The number of pyridine rings is 1. The van der Waals surface area contributed by atoms with Gasteiger partial charge in [-0.05, 0) is 55.0 Å². The molecule has 27 heavy (non-hydrogen) atoms. The molecule has 0 spiro atoms. The predicted molar refractivity (Wildman–Crippen MR) is 100 cm³/mol. The minimum Gasteiger partial charge on any atom is -0.357 e. The van der Waals surface area contributed by atoms with Gasteiger partial charge < -0.3 is 10.2 Å². The van der Waals surface area contributed by atoms with Gasteiger partial charge in [0, 0.05) is 19.3 Å². The van der Waals surface area contributed by atoms with Gasteiger partial charge in [-0.25, -0.2) is 13.8 Å². The molecule has 2 aromatic rings. The Morgan fingerprint density at radius 2 is 2.00 bits per heavy atom. The van der Waals surface area contributed by atoms with Gasteiger partial charge >= 0.3 is 0 Å². The Bertz CT molecular complexity index is 837. The van der Waals surface area contributed by atoms with E-state index < -0.39 is 11.6 Å². The van der Waals surface area contributed by atoms with E-state index in [9.17, 15) is 13.6 Å². The molecule has 1 saturated heterocycles. The fourth-order valence-electron chi connectivity index (χ4n) is 3.31. The number of piperidine rings is 1. The molecule has 0 bridgehead atoms. The van der Waals surface area contributed by atoms with Gasteiger partial charge in [-0.15, -0.1) is 6.42 Å². The molecule has 1 aliphatic rings. The van der Waals surface area contributed by atoms with Crippen LogP contribution in [0.2, 0.25) is 0 Å². The zero-order valence-electron chi connectivity index (χ0n) is 14.9. The Morgan fingerprint density at radius 3 is 2.63 bits per heavy atom.